The van der Waals surface area contributed by atoms with Crippen molar-refractivity contribution in [1.82, 2.24) is 5.32 Å². The largest absolute Gasteiger partial charge is 0.443 e. The van der Waals surface area contributed by atoms with Crippen molar-refractivity contribution in [2.45, 2.75) is 18.9 Å². The smallest absolute Gasteiger partial charge is 0.408 e. The summed E-state index contributed by atoms with van der Waals surface area (Å²) in [7, 11) is 0. The minimum atomic E-state index is -3.42. The molecule has 1 heterocycles. The van der Waals surface area contributed by atoms with Crippen LogP contribution in [0.2, 0.25) is 5.02 Å². The van der Waals surface area contributed by atoms with Crippen molar-refractivity contribution in [2.24, 2.45) is 0 Å². The average molecular weight is 316 g/mol. The quantitative estimate of drug-likeness (QED) is 0.859. The summed E-state index contributed by atoms with van der Waals surface area (Å²) in [5.74, 6) is -4.32. The van der Waals surface area contributed by atoms with E-state index in [1.165, 1.54) is 6.07 Å². The van der Waals surface area contributed by atoms with E-state index in [1.807, 2.05) is 5.32 Å². The first kappa shape index (κ1) is 15.9. The monoisotopic (exact) mass is 315 g/mol. The van der Waals surface area contributed by atoms with Crippen LogP contribution in [-0.4, -0.2) is 18.6 Å². The molecular formula is C11H10Cl2F3NO2. The van der Waals surface area contributed by atoms with E-state index in [0.29, 0.717) is 5.56 Å². The molecule has 0 aliphatic carbocycles. The number of aryl methyl sites for hydroxylation is 1. The fourth-order valence-corrected chi connectivity index (χ4v) is 2.00. The van der Waals surface area contributed by atoms with Gasteiger partial charge in [0.15, 0.2) is 6.61 Å². The third kappa shape index (κ3) is 2.90. The van der Waals surface area contributed by atoms with E-state index in [1.54, 1.807) is 6.92 Å². The first-order valence-corrected chi connectivity index (χ1v) is 5.46. The number of carbonyl (C=O) groups is 1. The van der Waals surface area contributed by atoms with Crippen LogP contribution in [0.1, 0.15) is 17.2 Å². The highest BCUT2D eigenvalue weighted by atomic mass is 35.5. The molecule has 106 valence electrons. The van der Waals surface area contributed by atoms with Crippen molar-refractivity contribution in [1.29, 1.82) is 0 Å². The second kappa shape index (κ2) is 5.46. The lowest BCUT2D eigenvalue weighted by molar-refractivity contribution is -0.104. The summed E-state index contributed by atoms with van der Waals surface area (Å²) in [5, 5.41) is 1.77. The Morgan fingerprint density at radius 2 is 2.11 bits per heavy atom. The number of benzene rings is 1. The maximum atomic E-state index is 13.7. The minimum absolute atomic E-state index is 0. The van der Waals surface area contributed by atoms with Crippen molar-refractivity contribution in [3.05, 3.63) is 34.1 Å². The number of nitrogens with one attached hydrogen (secondary N) is 1. The molecule has 0 bridgehead atoms. The van der Waals surface area contributed by atoms with Crippen LogP contribution in [0.4, 0.5) is 18.0 Å². The van der Waals surface area contributed by atoms with Gasteiger partial charge in [-0.05, 0) is 18.6 Å². The molecule has 8 heteroatoms. The lowest BCUT2D eigenvalue weighted by Gasteiger charge is -2.32. The molecule has 1 saturated heterocycles. The van der Waals surface area contributed by atoms with Gasteiger partial charge in [-0.15, -0.1) is 12.4 Å². The number of hydrogen-bond donors (Lipinski definition) is 1. The molecule has 0 spiro atoms. The lowest BCUT2D eigenvalue weighted by atomic mass is 9.97. The molecular weight excluding hydrogens is 306 g/mol. The van der Waals surface area contributed by atoms with Gasteiger partial charge in [0.1, 0.15) is 11.9 Å². The maximum absolute atomic E-state index is 13.7. The number of hydrogen-bond acceptors (Lipinski definition) is 2. The molecule has 1 atom stereocenters. The molecule has 0 saturated carbocycles. The van der Waals surface area contributed by atoms with Gasteiger partial charge in [-0.1, -0.05) is 17.7 Å². The Bertz CT molecular complexity index is 511. The van der Waals surface area contributed by atoms with Crippen LogP contribution in [0.25, 0.3) is 0 Å². The van der Waals surface area contributed by atoms with Crippen molar-refractivity contribution >= 4 is 30.1 Å². The van der Waals surface area contributed by atoms with Gasteiger partial charge in [0.05, 0.1) is 5.02 Å². The minimum Gasteiger partial charge on any atom is -0.443 e. The number of halogens is 5. The highest BCUT2D eigenvalue weighted by molar-refractivity contribution is 6.32. The van der Waals surface area contributed by atoms with Crippen LogP contribution < -0.4 is 5.32 Å². The van der Waals surface area contributed by atoms with E-state index >= 15 is 0 Å². The molecule has 0 radical (unpaired) electrons. The van der Waals surface area contributed by atoms with E-state index < -0.39 is 36.0 Å². The van der Waals surface area contributed by atoms with Crippen LogP contribution >= 0.6 is 24.0 Å². The molecule has 19 heavy (non-hydrogen) atoms. The predicted octanol–water partition coefficient (Wildman–Crippen LogP) is 3.63. The number of rotatable bonds is 1. The lowest BCUT2D eigenvalue weighted by Crippen LogP contribution is -2.50. The Morgan fingerprint density at radius 3 is 2.74 bits per heavy atom. The Balaban J connectivity index is 0.00000180. The van der Waals surface area contributed by atoms with Crippen molar-refractivity contribution in [3.63, 3.8) is 0 Å². The summed E-state index contributed by atoms with van der Waals surface area (Å²) in [5.41, 5.74) is 0.0305. The van der Waals surface area contributed by atoms with E-state index in [4.69, 9.17) is 11.6 Å². The highest BCUT2D eigenvalue weighted by Crippen LogP contribution is 2.39. The molecule has 1 amide bonds. The Morgan fingerprint density at radius 1 is 1.47 bits per heavy atom. The first-order chi connectivity index (χ1) is 8.33. The van der Waals surface area contributed by atoms with Gasteiger partial charge in [-0.25, -0.2) is 18.0 Å². The summed E-state index contributed by atoms with van der Waals surface area (Å²) < 4.78 is 45.2. The summed E-state index contributed by atoms with van der Waals surface area (Å²) in [6, 6.07) is 0.584. The molecule has 1 aliphatic rings. The fourth-order valence-electron chi connectivity index (χ4n) is 1.74. The van der Waals surface area contributed by atoms with Crippen molar-refractivity contribution < 1.29 is 22.7 Å². The number of alkyl carbamates (subject to hydrolysis) is 1. The summed E-state index contributed by atoms with van der Waals surface area (Å²) in [6.07, 6.45) is -1.03. The van der Waals surface area contributed by atoms with E-state index in [0.717, 1.165) is 6.07 Å². The average Bonchev–Trinajstić information content (AvgIpc) is 2.29. The zero-order chi connectivity index (χ0) is 13.5. The summed E-state index contributed by atoms with van der Waals surface area (Å²) >= 11 is 5.84. The van der Waals surface area contributed by atoms with E-state index in [2.05, 4.69) is 4.74 Å². The standard InChI is InChI=1S/C11H9ClF3NO2.ClH/c1-5-2-3-6(13)7(8(5)12)9-11(14,15)4-18-10(17)16-9;/h2-3,9H,4H2,1H3,(H,16,17);1H/t9-;/m0./s1. The summed E-state index contributed by atoms with van der Waals surface area (Å²) in [6.45, 7) is 0.456. The van der Waals surface area contributed by atoms with Crippen LogP contribution in [0, 0.1) is 12.7 Å². The molecule has 2 rings (SSSR count). The van der Waals surface area contributed by atoms with Gasteiger partial charge in [-0.3, -0.25) is 0 Å². The van der Waals surface area contributed by atoms with Gasteiger partial charge in [0.2, 0.25) is 0 Å². The van der Waals surface area contributed by atoms with Crippen molar-refractivity contribution in [2.75, 3.05) is 6.61 Å². The van der Waals surface area contributed by atoms with Gasteiger partial charge < -0.3 is 10.1 Å². The third-order valence-corrected chi connectivity index (χ3v) is 3.19. The van der Waals surface area contributed by atoms with Crippen molar-refractivity contribution in [3.8, 4) is 0 Å². The molecule has 1 N–H and O–H groups in total. The number of carbonyl (C=O) groups excluding carboxylic acids is 1. The number of cyclic esters (lactones) is 1. The SMILES string of the molecule is Cc1ccc(F)c([C@@H]2NC(=O)OCC2(F)F)c1Cl.Cl. The second-order valence-corrected chi connectivity index (χ2v) is 4.38. The molecule has 1 fully saturated rings. The topological polar surface area (TPSA) is 38.3 Å². The Kier molecular flexibility index (Phi) is 4.58. The maximum Gasteiger partial charge on any atom is 0.408 e. The number of alkyl halides is 2. The molecule has 3 nitrogen and oxygen atoms in total. The van der Waals surface area contributed by atoms with Crippen LogP contribution in [0.3, 0.4) is 0 Å². The molecule has 1 aromatic carbocycles. The van der Waals surface area contributed by atoms with Crippen LogP contribution in [0.5, 0.6) is 0 Å². The molecule has 0 aromatic heterocycles. The first-order valence-electron chi connectivity index (χ1n) is 5.08. The van der Waals surface area contributed by atoms with Crippen LogP contribution in [-0.2, 0) is 4.74 Å². The molecule has 0 unspecified atom stereocenters. The second-order valence-electron chi connectivity index (χ2n) is 4.01. The molecule has 1 aromatic rings. The Labute approximate surface area is 118 Å². The fraction of sp³-hybridized carbons (Fsp3) is 0.364. The Hall–Kier alpha value is -1.14. The van der Waals surface area contributed by atoms with Gasteiger partial charge in [-0.2, -0.15) is 0 Å². The van der Waals surface area contributed by atoms with E-state index in [9.17, 15) is 18.0 Å². The number of ether oxygens (including phenoxy) is 1. The predicted molar refractivity (Wildman–Crippen MR) is 65.6 cm³/mol. The zero-order valence-electron chi connectivity index (χ0n) is 9.68. The van der Waals surface area contributed by atoms with Gasteiger partial charge in [0, 0.05) is 5.56 Å². The van der Waals surface area contributed by atoms with E-state index in [-0.39, 0.29) is 17.4 Å². The normalized spacial score (nSPS) is 21.1. The number of amides is 1. The third-order valence-electron chi connectivity index (χ3n) is 2.69. The summed E-state index contributed by atoms with van der Waals surface area (Å²) in [4.78, 5) is 11.0. The molecule has 1 aliphatic heterocycles. The highest BCUT2D eigenvalue weighted by Gasteiger charge is 2.48. The van der Waals surface area contributed by atoms with Gasteiger partial charge >= 0.3 is 12.0 Å². The zero-order valence-corrected chi connectivity index (χ0v) is 11.2. The van der Waals surface area contributed by atoms with Gasteiger partial charge in [0.25, 0.3) is 0 Å². The van der Waals surface area contributed by atoms with Crippen LogP contribution in [0.15, 0.2) is 12.1 Å².